The number of nitrogens with one attached hydrogen (secondary N) is 1. The molecule has 0 fully saturated rings. The Morgan fingerprint density at radius 2 is 1.65 bits per heavy atom. The summed E-state index contributed by atoms with van der Waals surface area (Å²) in [6.07, 6.45) is 2.74. The van der Waals surface area contributed by atoms with Crippen LogP contribution in [-0.2, 0) is 4.74 Å². The smallest absolute Gasteiger partial charge is 0.407 e. The topological polar surface area (TPSA) is 55.4 Å². The van der Waals surface area contributed by atoms with Gasteiger partial charge in [0.05, 0.1) is 0 Å². The summed E-state index contributed by atoms with van der Waals surface area (Å²) in [5.74, 6) is -0.572. The summed E-state index contributed by atoms with van der Waals surface area (Å²) in [6, 6.07) is 20.3. The molecule has 5 heteroatoms. The standard InChI is InChI=1S/C26H22FNO3/c1-17(29)20-13-12-19(27)15-18(20)7-6-14-28-26(30)31-16-25-23-10-4-2-8-21(23)22-9-3-5-11-24(22)25/h2-13,15,25H,14,16H2,1H3,(H,28,30). The fraction of sp³-hybridized carbons (Fsp3) is 0.154. The van der Waals surface area contributed by atoms with Crippen LogP contribution in [0.15, 0.2) is 72.8 Å². The predicted octanol–water partition coefficient (Wildman–Crippen LogP) is 5.58. The number of ether oxygens (including phenoxy) is 1. The number of fused-ring (bicyclic) bond motifs is 3. The van der Waals surface area contributed by atoms with Crippen LogP contribution in [0.4, 0.5) is 9.18 Å². The molecule has 0 radical (unpaired) electrons. The number of benzene rings is 3. The zero-order valence-corrected chi connectivity index (χ0v) is 17.1. The molecule has 31 heavy (non-hydrogen) atoms. The van der Waals surface area contributed by atoms with Crippen molar-refractivity contribution < 1.29 is 18.7 Å². The minimum atomic E-state index is -0.530. The Labute approximate surface area is 180 Å². The molecule has 156 valence electrons. The van der Waals surface area contributed by atoms with E-state index in [0.29, 0.717) is 11.1 Å². The number of rotatable bonds is 6. The number of alkyl carbamates (subject to hydrolysis) is 1. The Bertz CT molecular complexity index is 1120. The van der Waals surface area contributed by atoms with E-state index < -0.39 is 11.9 Å². The zero-order valence-electron chi connectivity index (χ0n) is 17.1. The highest BCUT2D eigenvalue weighted by atomic mass is 19.1. The van der Waals surface area contributed by atoms with Gasteiger partial charge in [0.25, 0.3) is 0 Å². The van der Waals surface area contributed by atoms with Gasteiger partial charge in [-0.1, -0.05) is 60.7 Å². The molecule has 1 aliphatic rings. The van der Waals surface area contributed by atoms with Gasteiger partial charge in [0.1, 0.15) is 12.4 Å². The van der Waals surface area contributed by atoms with Gasteiger partial charge in [-0.05, 0) is 52.9 Å². The Morgan fingerprint density at radius 1 is 1.00 bits per heavy atom. The summed E-state index contributed by atoms with van der Waals surface area (Å²) in [5.41, 5.74) is 5.55. The number of carbonyl (C=O) groups excluding carboxylic acids is 2. The molecule has 0 aliphatic heterocycles. The zero-order chi connectivity index (χ0) is 21.8. The summed E-state index contributed by atoms with van der Waals surface area (Å²) in [7, 11) is 0. The lowest BCUT2D eigenvalue weighted by atomic mass is 9.98. The summed E-state index contributed by atoms with van der Waals surface area (Å²) >= 11 is 0. The van der Waals surface area contributed by atoms with E-state index in [1.807, 2.05) is 24.3 Å². The van der Waals surface area contributed by atoms with E-state index in [-0.39, 0.29) is 24.9 Å². The van der Waals surface area contributed by atoms with Crippen LogP contribution in [0.3, 0.4) is 0 Å². The molecule has 0 aromatic heterocycles. The van der Waals surface area contributed by atoms with E-state index in [9.17, 15) is 14.0 Å². The molecule has 0 heterocycles. The molecule has 1 N–H and O–H groups in total. The molecule has 0 saturated heterocycles. The van der Waals surface area contributed by atoms with Gasteiger partial charge in [0.15, 0.2) is 5.78 Å². The molecule has 0 spiro atoms. The molecule has 3 aromatic rings. The second-order valence-electron chi connectivity index (χ2n) is 7.40. The van der Waals surface area contributed by atoms with Crippen LogP contribution in [0.25, 0.3) is 17.2 Å². The summed E-state index contributed by atoms with van der Waals surface area (Å²) in [5, 5.41) is 2.66. The normalized spacial score (nSPS) is 12.5. The fourth-order valence-corrected chi connectivity index (χ4v) is 3.97. The molecule has 0 bridgehead atoms. The molecule has 4 rings (SSSR count). The number of ketones is 1. The maximum absolute atomic E-state index is 13.5. The van der Waals surface area contributed by atoms with Gasteiger partial charge in [0, 0.05) is 18.0 Å². The number of Topliss-reactive ketones (excluding diaryl/α,β-unsaturated/α-hetero) is 1. The number of carbonyl (C=O) groups is 2. The van der Waals surface area contributed by atoms with Crippen molar-refractivity contribution in [1.82, 2.24) is 5.32 Å². The first kappa shape index (κ1) is 20.5. The van der Waals surface area contributed by atoms with Crippen LogP contribution >= 0.6 is 0 Å². The second kappa shape index (κ2) is 8.96. The van der Waals surface area contributed by atoms with Gasteiger partial charge < -0.3 is 10.1 Å². The monoisotopic (exact) mass is 415 g/mol. The highest BCUT2D eigenvalue weighted by Crippen LogP contribution is 2.44. The average molecular weight is 415 g/mol. The number of amides is 1. The number of hydrogen-bond acceptors (Lipinski definition) is 3. The van der Waals surface area contributed by atoms with Crippen molar-refractivity contribution in [2.75, 3.05) is 13.2 Å². The van der Waals surface area contributed by atoms with Crippen molar-refractivity contribution in [3.05, 3.63) is 101 Å². The van der Waals surface area contributed by atoms with Crippen LogP contribution in [0.1, 0.15) is 39.9 Å². The second-order valence-corrected chi connectivity index (χ2v) is 7.40. The Balaban J connectivity index is 1.35. The van der Waals surface area contributed by atoms with Crippen molar-refractivity contribution in [3.8, 4) is 11.1 Å². The molecule has 4 nitrogen and oxygen atoms in total. The van der Waals surface area contributed by atoms with Gasteiger partial charge in [-0.3, -0.25) is 4.79 Å². The van der Waals surface area contributed by atoms with Gasteiger partial charge >= 0.3 is 6.09 Å². The third kappa shape index (κ3) is 4.40. The highest BCUT2D eigenvalue weighted by Gasteiger charge is 2.28. The van der Waals surface area contributed by atoms with Gasteiger partial charge in [-0.2, -0.15) is 0 Å². The van der Waals surface area contributed by atoms with E-state index in [1.165, 1.54) is 36.2 Å². The highest BCUT2D eigenvalue weighted by molar-refractivity contribution is 5.97. The largest absolute Gasteiger partial charge is 0.449 e. The van der Waals surface area contributed by atoms with Crippen molar-refractivity contribution in [1.29, 1.82) is 0 Å². The number of halogens is 1. The van der Waals surface area contributed by atoms with Crippen LogP contribution in [0.5, 0.6) is 0 Å². The van der Waals surface area contributed by atoms with E-state index in [4.69, 9.17) is 4.74 Å². The lowest BCUT2D eigenvalue weighted by Crippen LogP contribution is -2.26. The van der Waals surface area contributed by atoms with Crippen LogP contribution in [0.2, 0.25) is 0 Å². The van der Waals surface area contributed by atoms with Crippen LogP contribution in [0, 0.1) is 5.82 Å². The fourth-order valence-electron chi connectivity index (χ4n) is 3.97. The Kier molecular flexibility index (Phi) is 5.94. The summed E-state index contributed by atoms with van der Waals surface area (Å²) in [4.78, 5) is 23.8. The van der Waals surface area contributed by atoms with Crippen molar-refractivity contribution in [3.63, 3.8) is 0 Å². The minimum absolute atomic E-state index is 0.000823. The molecule has 0 saturated carbocycles. The van der Waals surface area contributed by atoms with Crippen molar-refractivity contribution >= 4 is 18.0 Å². The maximum atomic E-state index is 13.5. The molecule has 1 aliphatic carbocycles. The van der Waals surface area contributed by atoms with Crippen LogP contribution < -0.4 is 5.32 Å². The maximum Gasteiger partial charge on any atom is 0.407 e. The quantitative estimate of drug-likeness (QED) is 0.535. The third-order valence-electron chi connectivity index (χ3n) is 5.40. The van der Waals surface area contributed by atoms with Crippen molar-refractivity contribution in [2.45, 2.75) is 12.8 Å². The SMILES string of the molecule is CC(=O)c1ccc(F)cc1C=CCNC(=O)OCC1c2ccccc2-c2ccccc21. The lowest BCUT2D eigenvalue weighted by Gasteiger charge is -2.14. The predicted molar refractivity (Wildman–Crippen MR) is 119 cm³/mol. The molecule has 3 aromatic carbocycles. The molecular formula is C26H22FNO3. The van der Waals surface area contributed by atoms with E-state index >= 15 is 0 Å². The number of hydrogen-bond donors (Lipinski definition) is 1. The van der Waals surface area contributed by atoms with Gasteiger partial charge in [-0.15, -0.1) is 0 Å². The summed E-state index contributed by atoms with van der Waals surface area (Å²) in [6.45, 7) is 1.87. The van der Waals surface area contributed by atoms with E-state index in [1.54, 1.807) is 12.2 Å². The first-order valence-electron chi connectivity index (χ1n) is 10.1. The Morgan fingerprint density at radius 3 is 2.29 bits per heavy atom. The lowest BCUT2D eigenvalue weighted by molar-refractivity contribution is 0.101. The molecular weight excluding hydrogens is 393 g/mol. The third-order valence-corrected chi connectivity index (χ3v) is 5.40. The first-order chi connectivity index (χ1) is 15.0. The van der Waals surface area contributed by atoms with E-state index in [2.05, 4.69) is 29.6 Å². The van der Waals surface area contributed by atoms with E-state index in [0.717, 1.165) is 11.1 Å². The Hall–Kier alpha value is -3.73. The molecule has 0 atom stereocenters. The molecule has 0 unspecified atom stereocenters. The minimum Gasteiger partial charge on any atom is -0.449 e. The van der Waals surface area contributed by atoms with Crippen LogP contribution in [-0.4, -0.2) is 25.0 Å². The first-order valence-corrected chi connectivity index (χ1v) is 10.1. The summed E-state index contributed by atoms with van der Waals surface area (Å²) < 4.78 is 18.9. The van der Waals surface area contributed by atoms with Gasteiger partial charge in [0.2, 0.25) is 0 Å². The average Bonchev–Trinajstić information content (AvgIpc) is 3.09. The van der Waals surface area contributed by atoms with Gasteiger partial charge in [-0.25, -0.2) is 9.18 Å². The molecule has 1 amide bonds. The van der Waals surface area contributed by atoms with Crippen molar-refractivity contribution in [2.24, 2.45) is 0 Å².